The Hall–Kier alpha value is -1.85. The largest absolute Gasteiger partial charge is 0.326 e. The molecule has 0 bridgehead atoms. The van der Waals surface area contributed by atoms with Gasteiger partial charge in [-0.25, -0.2) is 0 Å². The number of hydrogen-bond acceptors (Lipinski definition) is 2. The summed E-state index contributed by atoms with van der Waals surface area (Å²) in [5, 5.41) is 6.09. The smallest absolute Gasteiger partial charge is 0.255 e. The number of nitrogens with one attached hydrogen (secondary N) is 2. The van der Waals surface area contributed by atoms with Crippen LogP contribution in [0.15, 0.2) is 40.9 Å². The number of benzene rings is 2. The van der Waals surface area contributed by atoms with Crippen LogP contribution in [-0.4, -0.2) is 11.8 Å². The van der Waals surface area contributed by atoms with Crippen LogP contribution in [0, 0.1) is 0 Å². The zero-order valence-electron chi connectivity index (χ0n) is 10.7. The summed E-state index contributed by atoms with van der Waals surface area (Å²) in [6, 6.07) is 10.3. The first kappa shape index (κ1) is 14.1. The average Bonchev–Trinajstić information content (AvgIpc) is 2.82. The number of amides is 2. The van der Waals surface area contributed by atoms with Crippen molar-refractivity contribution in [2.45, 2.75) is 6.42 Å². The standard InChI is InChI=1S/C15H10BrClN2O2/c16-11-7-10(3-4-12(11)17)18-15(21)9-2-1-8-6-14(20)19-13(8)5-9/h1-5,7H,6H2,(H,18,21)(H,19,20). The summed E-state index contributed by atoms with van der Waals surface area (Å²) in [6.45, 7) is 0. The van der Waals surface area contributed by atoms with Crippen molar-refractivity contribution in [1.29, 1.82) is 0 Å². The van der Waals surface area contributed by atoms with Crippen molar-refractivity contribution in [2.75, 3.05) is 10.6 Å². The normalized spacial score (nSPS) is 12.8. The first-order valence-corrected chi connectivity index (χ1v) is 7.39. The van der Waals surface area contributed by atoms with Crippen LogP contribution in [-0.2, 0) is 11.2 Å². The molecule has 1 aliphatic heterocycles. The molecule has 0 fully saturated rings. The van der Waals surface area contributed by atoms with Gasteiger partial charge in [0.25, 0.3) is 5.91 Å². The lowest BCUT2D eigenvalue weighted by Gasteiger charge is -2.08. The second kappa shape index (κ2) is 5.50. The van der Waals surface area contributed by atoms with Gasteiger partial charge in [0.2, 0.25) is 5.91 Å². The van der Waals surface area contributed by atoms with Crippen molar-refractivity contribution in [3.8, 4) is 0 Å². The highest BCUT2D eigenvalue weighted by Crippen LogP contribution is 2.27. The van der Waals surface area contributed by atoms with E-state index in [0.29, 0.717) is 32.9 Å². The van der Waals surface area contributed by atoms with Gasteiger partial charge < -0.3 is 10.6 Å². The second-order valence-electron chi connectivity index (χ2n) is 4.68. The van der Waals surface area contributed by atoms with Gasteiger partial charge in [-0.3, -0.25) is 9.59 Å². The second-order valence-corrected chi connectivity index (χ2v) is 5.94. The number of fused-ring (bicyclic) bond motifs is 1. The molecule has 0 aromatic heterocycles. The van der Waals surface area contributed by atoms with Crippen LogP contribution in [0.2, 0.25) is 5.02 Å². The number of rotatable bonds is 2. The molecule has 0 atom stereocenters. The summed E-state index contributed by atoms with van der Waals surface area (Å²) < 4.78 is 0.711. The molecule has 0 radical (unpaired) electrons. The SMILES string of the molecule is O=C1Cc2ccc(C(=O)Nc3ccc(Cl)c(Br)c3)cc2N1. The van der Waals surface area contributed by atoms with E-state index in [1.807, 2.05) is 0 Å². The summed E-state index contributed by atoms with van der Waals surface area (Å²) >= 11 is 9.22. The van der Waals surface area contributed by atoms with Gasteiger partial charge in [0.15, 0.2) is 0 Å². The predicted molar refractivity (Wildman–Crippen MR) is 85.9 cm³/mol. The third kappa shape index (κ3) is 2.94. The topological polar surface area (TPSA) is 58.2 Å². The van der Waals surface area contributed by atoms with E-state index >= 15 is 0 Å². The highest BCUT2D eigenvalue weighted by molar-refractivity contribution is 9.10. The molecular weight excluding hydrogens is 356 g/mol. The molecule has 2 aromatic carbocycles. The van der Waals surface area contributed by atoms with E-state index in [9.17, 15) is 9.59 Å². The molecule has 2 N–H and O–H groups in total. The zero-order valence-corrected chi connectivity index (χ0v) is 13.1. The van der Waals surface area contributed by atoms with Crippen molar-refractivity contribution >= 4 is 50.7 Å². The van der Waals surface area contributed by atoms with E-state index in [1.54, 1.807) is 36.4 Å². The number of anilines is 2. The molecule has 1 heterocycles. The number of hydrogen-bond donors (Lipinski definition) is 2. The molecule has 0 aliphatic carbocycles. The fourth-order valence-corrected chi connectivity index (χ4v) is 2.63. The first-order chi connectivity index (χ1) is 10.0. The fraction of sp³-hybridized carbons (Fsp3) is 0.0667. The van der Waals surface area contributed by atoms with Gasteiger partial charge >= 0.3 is 0 Å². The lowest BCUT2D eigenvalue weighted by molar-refractivity contribution is -0.115. The van der Waals surface area contributed by atoms with E-state index in [2.05, 4.69) is 26.6 Å². The Morgan fingerprint density at radius 3 is 2.81 bits per heavy atom. The van der Waals surface area contributed by atoms with Crippen LogP contribution in [0.25, 0.3) is 0 Å². The van der Waals surface area contributed by atoms with E-state index in [4.69, 9.17) is 11.6 Å². The lowest BCUT2D eigenvalue weighted by atomic mass is 10.1. The van der Waals surface area contributed by atoms with E-state index in [1.165, 1.54) is 0 Å². The molecule has 6 heteroatoms. The zero-order chi connectivity index (χ0) is 15.0. The highest BCUT2D eigenvalue weighted by Gasteiger charge is 2.19. The summed E-state index contributed by atoms with van der Waals surface area (Å²) in [7, 11) is 0. The van der Waals surface area contributed by atoms with E-state index in [-0.39, 0.29) is 11.8 Å². The van der Waals surface area contributed by atoms with Crippen LogP contribution >= 0.6 is 27.5 Å². The average molecular weight is 366 g/mol. The van der Waals surface area contributed by atoms with E-state index in [0.717, 1.165) is 5.56 Å². The quantitative estimate of drug-likeness (QED) is 0.849. The fourth-order valence-electron chi connectivity index (χ4n) is 2.13. The monoisotopic (exact) mass is 364 g/mol. The van der Waals surface area contributed by atoms with Crippen molar-refractivity contribution in [2.24, 2.45) is 0 Å². The Bertz CT molecular complexity index is 761. The molecule has 106 valence electrons. The maximum atomic E-state index is 12.2. The maximum absolute atomic E-state index is 12.2. The highest BCUT2D eigenvalue weighted by atomic mass is 79.9. The summed E-state index contributed by atoms with van der Waals surface area (Å²) in [5.74, 6) is -0.294. The van der Waals surface area contributed by atoms with Crippen molar-refractivity contribution < 1.29 is 9.59 Å². The Morgan fingerprint density at radius 2 is 2.05 bits per heavy atom. The minimum absolute atomic E-state index is 0.0517. The Kier molecular flexibility index (Phi) is 3.69. The molecule has 2 aromatic rings. The van der Waals surface area contributed by atoms with Crippen molar-refractivity contribution in [1.82, 2.24) is 0 Å². The minimum Gasteiger partial charge on any atom is -0.326 e. The third-order valence-corrected chi connectivity index (χ3v) is 4.39. The Labute approximate surface area is 134 Å². The van der Waals surface area contributed by atoms with Gasteiger partial charge in [0.1, 0.15) is 0 Å². The van der Waals surface area contributed by atoms with Crippen molar-refractivity contribution in [3.63, 3.8) is 0 Å². The number of halogens is 2. The van der Waals surface area contributed by atoms with Gasteiger partial charge in [0, 0.05) is 21.4 Å². The van der Waals surface area contributed by atoms with Gasteiger partial charge in [-0.05, 0) is 51.8 Å². The van der Waals surface area contributed by atoms with Gasteiger partial charge in [-0.1, -0.05) is 17.7 Å². The summed E-state index contributed by atoms with van der Waals surface area (Å²) in [4.78, 5) is 23.5. The van der Waals surface area contributed by atoms with Crippen LogP contribution in [0.4, 0.5) is 11.4 Å². The Morgan fingerprint density at radius 1 is 1.24 bits per heavy atom. The molecule has 0 saturated heterocycles. The van der Waals surface area contributed by atoms with Crippen LogP contribution < -0.4 is 10.6 Å². The Balaban J connectivity index is 1.81. The van der Waals surface area contributed by atoms with Gasteiger partial charge in [0.05, 0.1) is 11.4 Å². The number of carbonyl (C=O) groups is 2. The van der Waals surface area contributed by atoms with Gasteiger partial charge in [-0.15, -0.1) is 0 Å². The molecule has 2 amide bonds. The molecule has 1 aliphatic rings. The van der Waals surface area contributed by atoms with Crippen molar-refractivity contribution in [3.05, 3.63) is 57.0 Å². The van der Waals surface area contributed by atoms with Crippen LogP contribution in [0.1, 0.15) is 15.9 Å². The van der Waals surface area contributed by atoms with Crippen LogP contribution in [0.5, 0.6) is 0 Å². The van der Waals surface area contributed by atoms with Gasteiger partial charge in [-0.2, -0.15) is 0 Å². The van der Waals surface area contributed by atoms with Crippen LogP contribution in [0.3, 0.4) is 0 Å². The summed E-state index contributed by atoms with van der Waals surface area (Å²) in [5.41, 5.74) is 2.73. The molecule has 3 rings (SSSR count). The molecule has 21 heavy (non-hydrogen) atoms. The van der Waals surface area contributed by atoms with E-state index < -0.39 is 0 Å². The molecule has 0 saturated carbocycles. The maximum Gasteiger partial charge on any atom is 0.255 e. The number of carbonyl (C=O) groups excluding carboxylic acids is 2. The minimum atomic E-state index is -0.242. The lowest BCUT2D eigenvalue weighted by Crippen LogP contribution is -2.12. The summed E-state index contributed by atoms with van der Waals surface area (Å²) in [6.07, 6.45) is 0.362. The molecule has 0 spiro atoms. The molecule has 4 nitrogen and oxygen atoms in total. The predicted octanol–water partition coefficient (Wildman–Crippen LogP) is 3.85. The molecule has 0 unspecified atom stereocenters. The molecular formula is C15H10BrClN2O2. The first-order valence-electron chi connectivity index (χ1n) is 6.22. The third-order valence-electron chi connectivity index (χ3n) is 3.17.